The van der Waals surface area contributed by atoms with Crippen LogP contribution in [0.2, 0.25) is 5.02 Å². The van der Waals surface area contributed by atoms with Gasteiger partial charge in [0.15, 0.2) is 0 Å². The summed E-state index contributed by atoms with van der Waals surface area (Å²) in [6.07, 6.45) is 6.48. The summed E-state index contributed by atoms with van der Waals surface area (Å²) >= 11 is 6.17. The Morgan fingerprint density at radius 2 is 1.76 bits per heavy atom. The third kappa shape index (κ3) is 7.09. The molecular formula is C22H30ClNO. The molecule has 2 rings (SSSR count). The minimum atomic E-state index is 0.582. The van der Waals surface area contributed by atoms with E-state index in [-0.39, 0.29) is 0 Å². The van der Waals surface area contributed by atoms with Crippen molar-refractivity contribution in [1.29, 1.82) is 0 Å². The lowest BCUT2D eigenvalue weighted by molar-refractivity contribution is 0.301. The van der Waals surface area contributed by atoms with Crippen LogP contribution in [0.4, 0.5) is 0 Å². The second kappa shape index (κ2) is 11.2. The van der Waals surface area contributed by atoms with Crippen molar-refractivity contribution in [3.8, 4) is 5.75 Å². The maximum absolute atomic E-state index is 6.17. The van der Waals surface area contributed by atoms with Gasteiger partial charge in [0.25, 0.3) is 0 Å². The normalized spacial score (nSPS) is 10.8. The Kier molecular flexibility index (Phi) is 8.85. The number of ether oxygens (including phenoxy) is 1. The minimum Gasteiger partial charge on any atom is -0.489 e. The fourth-order valence-corrected chi connectivity index (χ4v) is 3.03. The highest BCUT2D eigenvalue weighted by molar-refractivity contribution is 6.30. The van der Waals surface area contributed by atoms with E-state index in [9.17, 15) is 0 Å². The Labute approximate surface area is 157 Å². The molecule has 3 heteroatoms. The quantitative estimate of drug-likeness (QED) is 0.476. The summed E-state index contributed by atoms with van der Waals surface area (Å²) in [6, 6.07) is 14.2. The van der Waals surface area contributed by atoms with Gasteiger partial charge in [0, 0.05) is 17.1 Å². The van der Waals surface area contributed by atoms with Gasteiger partial charge in [0.1, 0.15) is 12.4 Å². The van der Waals surface area contributed by atoms with Crippen LogP contribution in [0.3, 0.4) is 0 Å². The van der Waals surface area contributed by atoms with Gasteiger partial charge in [0.2, 0.25) is 0 Å². The second-order valence-corrected chi connectivity index (χ2v) is 6.99. The Morgan fingerprint density at radius 1 is 0.960 bits per heavy atom. The highest BCUT2D eigenvalue weighted by Gasteiger charge is 2.06. The van der Waals surface area contributed by atoms with E-state index in [1.807, 2.05) is 18.2 Å². The highest BCUT2D eigenvalue weighted by Crippen LogP contribution is 2.24. The van der Waals surface area contributed by atoms with E-state index < -0.39 is 0 Å². The summed E-state index contributed by atoms with van der Waals surface area (Å²) in [4.78, 5) is 0. The van der Waals surface area contributed by atoms with Crippen LogP contribution >= 0.6 is 11.6 Å². The van der Waals surface area contributed by atoms with E-state index in [0.29, 0.717) is 6.61 Å². The van der Waals surface area contributed by atoms with Crippen molar-refractivity contribution >= 4 is 11.6 Å². The predicted octanol–water partition coefficient (Wildman–Crippen LogP) is 6.29. The number of unbranched alkanes of at least 4 members (excludes halogenated alkanes) is 4. The molecule has 2 aromatic carbocycles. The molecular weight excluding hydrogens is 330 g/mol. The zero-order valence-electron chi connectivity index (χ0n) is 15.5. The number of benzene rings is 2. The number of hydrogen-bond acceptors (Lipinski definition) is 2. The molecule has 0 aromatic heterocycles. The van der Waals surface area contributed by atoms with E-state index in [1.165, 1.54) is 43.2 Å². The minimum absolute atomic E-state index is 0.582. The summed E-state index contributed by atoms with van der Waals surface area (Å²) in [5.74, 6) is 0.908. The third-order valence-electron chi connectivity index (χ3n) is 4.44. The van der Waals surface area contributed by atoms with Crippen molar-refractivity contribution in [3.63, 3.8) is 0 Å². The maximum Gasteiger partial charge on any atom is 0.124 e. The van der Waals surface area contributed by atoms with Crippen molar-refractivity contribution in [2.24, 2.45) is 0 Å². The van der Waals surface area contributed by atoms with Crippen LogP contribution in [0, 0.1) is 6.92 Å². The predicted molar refractivity (Wildman–Crippen MR) is 107 cm³/mol. The molecule has 0 saturated carbocycles. The first kappa shape index (κ1) is 19.8. The van der Waals surface area contributed by atoms with Gasteiger partial charge in [-0.15, -0.1) is 0 Å². The third-order valence-corrected chi connectivity index (χ3v) is 4.67. The summed E-state index contributed by atoms with van der Waals surface area (Å²) in [7, 11) is 0. The first-order valence-electron chi connectivity index (χ1n) is 9.37. The zero-order valence-corrected chi connectivity index (χ0v) is 16.2. The van der Waals surface area contributed by atoms with Crippen molar-refractivity contribution in [3.05, 3.63) is 64.2 Å². The number of nitrogens with one attached hydrogen (secondary N) is 1. The SMILES string of the molecule is CCCCCCCNCc1cc(Cl)ccc1OCc1ccccc1C. The lowest BCUT2D eigenvalue weighted by Crippen LogP contribution is -2.15. The van der Waals surface area contributed by atoms with E-state index in [4.69, 9.17) is 16.3 Å². The molecule has 136 valence electrons. The van der Waals surface area contributed by atoms with Gasteiger partial charge in [-0.25, -0.2) is 0 Å². The largest absolute Gasteiger partial charge is 0.489 e. The van der Waals surface area contributed by atoms with Gasteiger partial charge in [-0.3, -0.25) is 0 Å². The van der Waals surface area contributed by atoms with Crippen LogP contribution < -0.4 is 10.1 Å². The molecule has 0 saturated heterocycles. The van der Waals surface area contributed by atoms with Crippen molar-refractivity contribution in [1.82, 2.24) is 5.32 Å². The van der Waals surface area contributed by atoms with Gasteiger partial charge < -0.3 is 10.1 Å². The van der Waals surface area contributed by atoms with Crippen molar-refractivity contribution < 1.29 is 4.74 Å². The van der Waals surface area contributed by atoms with Gasteiger partial charge >= 0.3 is 0 Å². The molecule has 25 heavy (non-hydrogen) atoms. The fourth-order valence-electron chi connectivity index (χ4n) is 2.83. The summed E-state index contributed by atoms with van der Waals surface area (Å²) in [5.41, 5.74) is 3.59. The molecule has 1 N–H and O–H groups in total. The second-order valence-electron chi connectivity index (χ2n) is 6.56. The monoisotopic (exact) mass is 359 g/mol. The van der Waals surface area contributed by atoms with Gasteiger partial charge in [0.05, 0.1) is 0 Å². The Balaban J connectivity index is 1.85. The Hall–Kier alpha value is -1.51. The van der Waals surface area contributed by atoms with Crippen LogP contribution in [-0.2, 0) is 13.2 Å². The lowest BCUT2D eigenvalue weighted by Gasteiger charge is -2.14. The fraction of sp³-hybridized carbons (Fsp3) is 0.455. The van der Waals surface area contributed by atoms with Crippen LogP contribution in [0.15, 0.2) is 42.5 Å². The summed E-state index contributed by atoms with van der Waals surface area (Å²) in [6.45, 7) is 6.76. The van der Waals surface area contributed by atoms with Crippen LogP contribution in [0.1, 0.15) is 55.7 Å². The Bertz CT molecular complexity index is 642. The van der Waals surface area contributed by atoms with Crippen molar-refractivity contribution in [2.75, 3.05) is 6.54 Å². The van der Waals surface area contributed by atoms with Crippen LogP contribution in [-0.4, -0.2) is 6.54 Å². The number of halogens is 1. The van der Waals surface area contributed by atoms with Crippen molar-refractivity contribution in [2.45, 2.75) is 59.1 Å². The van der Waals surface area contributed by atoms with Crippen LogP contribution in [0.25, 0.3) is 0 Å². The molecule has 0 fully saturated rings. The molecule has 0 unspecified atom stereocenters. The molecule has 0 heterocycles. The topological polar surface area (TPSA) is 21.3 Å². The average molecular weight is 360 g/mol. The lowest BCUT2D eigenvalue weighted by atomic mass is 10.1. The maximum atomic E-state index is 6.17. The molecule has 0 aliphatic carbocycles. The number of hydrogen-bond donors (Lipinski definition) is 1. The van der Waals surface area contributed by atoms with Gasteiger partial charge in [-0.1, -0.05) is 68.5 Å². The molecule has 0 spiro atoms. The molecule has 0 aliphatic rings. The molecule has 0 bridgehead atoms. The highest BCUT2D eigenvalue weighted by atomic mass is 35.5. The molecule has 0 atom stereocenters. The standard InChI is InChI=1S/C22H30ClNO/c1-3-4-5-6-9-14-24-16-20-15-21(23)12-13-22(20)25-17-19-11-8-7-10-18(19)2/h7-8,10-13,15,24H,3-6,9,14,16-17H2,1-2H3. The molecule has 2 aromatic rings. The molecule has 0 amide bonds. The molecule has 2 nitrogen and oxygen atoms in total. The average Bonchev–Trinajstić information content (AvgIpc) is 2.61. The van der Waals surface area contributed by atoms with E-state index in [2.05, 4.69) is 43.4 Å². The van der Waals surface area contributed by atoms with E-state index in [0.717, 1.165) is 29.4 Å². The summed E-state index contributed by atoms with van der Waals surface area (Å²) < 4.78 is 6.07. The van der Waals surface area contributed by atoms with Gasteiger partial charge in [-0.2, -0.15) is 0 Å². The first-order chi connectivity index (χ1) is 12.2. The smallest absolute Gasteiger partial charge is 0.124 e. The summed E-state index contributed by atoms with van der Waals surface area (Å²) in [5, 5.41) is 4.27. The molecule has 0 aliphatic heterocycles. The zero-order chi connectivity index (χ0) is 17.9. The number of rotatable bonds is 11. The number of aryl methyl sites for hydroxylation is 1. The first-order valence-corrected chi connectivity index (χ1v) is 9.75. The van der Waals surface area contributed by atoms with E-state index >= 15 is 0 Å². The van der Waals surface area contributed by atoms with Crippen LogP contribution in [0.5, 0.6) is 5.75 Å². The van der Waals surface area contributed by atoms with E-state index in [1.54, 1.807) is 0 Å². The van der Waals surface area contributed by atoms with Gasteiger partial charge in [-0.05, 0) is 49.2 Å². The Morgan fingerprint density at radius 3 is 2.56 bits per heavy atom. The molecule has 0 radical (unpaired) electrons.